The Balaban J connectivity index is 2.39. The summed E-state index contributed by atoms with van der Waals surface area (Å²) in [6.45, 7) is 7.58. The van der Waals surface area contributed by atoms with E-state index in [-0.39, 0.29) is 30.2 Å². The van der Waals surface area contributed by atoms with Crippen molar-refractivity contribution in [2.75, 3.05) is 6.54 Å². The number of aliphatic hydroxyl groups is 1. The molecule has 0 radical (unpaired) electrons. The molecule has 1 aliphatic carbocycles. The number of amides is 2. The number of nitrogens with one attached hydrogen (secondary N) is 2. The van der Waals surface area contributed by atoms with Crippen LogP contribution in [0.2, 0.25) is 0 Å². The fraction of sp³-hybridized carbons (Fsp3) is 0.882. The second-order valence-electron chi connectivity index (χ2n) is 6.95. The summed E-state index contributed by atoms with van der Waals surface area (Å²) in [5, 5.41) is 15.8. The second-order valence-corrected chi connectivity index (χ2v) is 6.95. The van der Waals surface area contributed by atoms with Crippen molar-refractivity contribution in [2.45, 2.75) is 77.9 Å². The number of carbonyl (C=O) groups excluding carboxylic acids is 2. The quantitative estimate of drug-likeness (QED) is 0.672. The fourth-order valence-corrected chi connectivity index (χ4v) is 2.79. The molecule has 1 saturated carbocycles. The van der Waals surface area contributed by atoms with E-state index in [2.05, 4.69) is 10.6 Å². The highest BCUT2D eigenvalue weighted by Gasteiger charge is 2.29. The van der Waals surface area contributed by atoms with Crippen LogP contribution < -0.4 is 10.6 Å². The number of hydrogen-bond acceptors (Lipinski definition) is 3. The number of carbonyl (C=O) groups is 2. The molecule has 0 bridgehead atoms. The maximum Gasteiger partial charge on any atom is 0.242 e. The molecule has 3 unspecified atom stereocenters. The third-order valence-corrected chi connectivity index (χ3v) is 5.02. The number of rotatable bonds is 7. The molecular weight excluding hydrogens is 280 g/mol. The van der Waals surface area contributed by atoms with Crippen LogP contribution in [0, 0.1) is 11.8 Å². The Kier molecular flexibility index (Phi) is 7.33. The summed E-state index contributed by atoms with van der Waals surface area (Å²) >= 11 is 0. The zero-order valence-electron chi connectivity index (χ0n) is 14.4. The van der Waals surface area contributed by atoms with Crippen molar-refractivity contribution in [1.82, 2.24) is 10.6 Å². The lowest BCUT2D eigenvalue weighted by molar-refractivity contribution is -0.132. The molecular formula is C17H32N2O3. The van der Waals surface area contributed by atoms with Crippen molar-refractivity contribution >= 4 is 11.8 Å². The molecule has 3 atom stereocenters. The Hall–Kier alpha value is -1.10. The SMILES string of the molecule is CCC(C)C(C)(O)CNC(=O)C(C)NC(=O)C1CCCCC1. The minimum atomic E-state index is -0.933. The van der Waals surface area contributed by atoms with Gasteiger partial charge in [-0.15, -0.1) is 0 Å². The van der Waals surface area contributed by atoms with Crippen molar-refractivity contribution < 1.29 is 14.7 Å². The summed E-state index contributed by atoms with van der Waals surface area (Å²) in [5.74, 6) is -0.115. The molecule has 0 heterocycles. The first-order chi connectivity index (χ1) is 10.3. The van der Waals surface area contributed by atoms with E-state index in [9.17, 15) is 14.7 Å². The molecule has 0 aliphatic heterocycles. The maximum atomic E-state index is 12.1. The molecule has 128 valence electrons. The Morgan fingerprint density at radius 3 is 2.36 bits per heavy atom. The highest BCUT2D eigenvalue weighted by atomic mass is 16.3. The Morgan fingerprint density at radius 2 is 1.82 bits per heavy atom. The first-order valence-corrected chi connectivity index (χ1v) is 8.58. The van der Waals surface area contributed by atoms with Gasteiger partial charge in [0.15, 0.2) is 0 Å². The van der Waals surface area contributed by atoms with Gasteiger partial charge in [-0.1, -0.05) is 39.5 Å². The molecule has 0 aromatic carbocycles. The summed E-state index contributed by atoms with van der Waals surface area (Å²) in [6.07, 6.45) is 6.07. The first kappa shape index (κ1) is 18.9. The van der Waals surface area contributed by atoms with Gasteiger partial charge in [0.25, 0.3) is 0 Å². The largest absolute Gasteiger partial charge is 0.388 e. The van der Waals surface area contributed by atoms with Crippen LogP contribution in [0.1, 0.15) is 66.2 Å². The Labute approximate surface area is 134 Å². The van der Waals surface area contributed by atoms with Crippen LogP contribution >= 0.6 is 0 Å². The smallest absolute Gasteiger partial charge is 0.242 e. The van der Waals surface area contributed by atoms with Gasteiger partial charge in [0.05, 0.1) is 5.60 Å². The summed E-state index contributed by atoms with van der Waals surface area (Å²) in [4.78, 5) is 24.2. The minimum absolute atomic E-state index is 0.0176. The molecule has 1 rings (SSSR count). The lowest BCUT2D eigenvalue weighted by Gasteiger charge is -2.30. The second kappa shape index (κ2) is 8.51. The predicted molar refractivity (Wildman–Crippen MR) is 87.3 cm³/mol. The molecule has 0 aromatic heterocycles. The lowest BCUT2D eigenvalue weighted by Crippen LogP contribution is -2.51. The third-order valence-electron chi connectivity index (χ3n) is 5.02. The third kappa shape index (κ3) is 5.59. The van der Waals surface area contributed by atoms with Crippen LogP contribution in [0.4, 0.5) is 0 Å². The summed E-state index contributed by atoms with van der Waals surface area (Å²) in [5.41, 5.74) is -0.933. The summed E-state index contributed by atoms with van der Waals surface area (Å²) in [6, 6.07) is -0.567. The first-order valence-electron chi connectivity index (χ1n) is 8.58. The highest BCUT2D eigenvalue weighted by Crippen LogP contribution is 2.23. The highest BCUT2D eigenvalue weighted by molar-refractivity contribution is 5.88. The van der Waals surface area contributed by atoms with Gasteiger partial charge in [-0.05, 0) is 32.6 Å². The van der Waals surface area contributed by atoms with E-state index in [1.54, 1.807) is 13.8 Å². The van der Waals surface area contributed by atoms with Gasteiger partial charge < -0.3 is 15.7 Å². The van der Waals surface area contributed by atoms with Gasteiger partial charge in [-0.3, -0.25) is 9.59 Å². The predicted octanol–water partition coefficient (Wildman–Crippen LogP) is 1.98. The minimum Gasteiger partial charge on any atom is -0.388 e. The molecule has 1 aliphatic rings. The monoisotopic (exact) mass is 312 g/mol. The average Bonchev–Trinajstić information content (AvgIpc) is 2.52. The van der Waals surface area contributed by atoms with Gasteiger partial charge in [0.2, 0.25) is 11.8 Å². The molecule has 0 spiro atoms. The molecule has 22 heavy (non-hydrogen) atoms. The van der Waals surface area contributed by atoms with Gasteiger partial charge in [0.1, 0.15) is 6.04 Å². The van der Waals surface area contributed by atoms with Crippen molar-refractivity contribution in [3.63, 3.8) is 0 Å². The van der Waals surface area contributed by atoms with Crippen molar-refractivity contribution in [3.8, 4) is 0 Å². The van der Waals surface area contributed by atoms with Crippen molar-refractivity contribution in [3.05, 3.63) is 0 Å². The van der Waals surface area contributed by atoms with Crippen LogP contribution in [0.5, 0.6) is 0 Å². The summed E-state index contributed by atoms with van der Waals surface area (Å²) in [7, 11) is 0. The van der Waals surface area contributed by atoms with E-state index in [4.69, 9.17) is 0 Å². The topological polar surface area (TPSA) is 78.4 Å². The van der Waals surface area contributed by atoms with Gasteiger partial charge in [-0.2, -0.15) is 0 Å². The Bertz CT molecular complexity index is 376. The molecule has 5 nitrogen and oxygen atoms in total. The van der Waals surface area contributed by atoms with Crippen molar-refractivity contribution in [2.24, 2.45) is 11.8 Å². The van der Waals surface area contributed by atoms with Gasteiger partial charge in [0, 0.05) is 12.5 Å². The summed E-state index contributed by atoms with van der Waals surface area (Å²) < 4.78 is 0. The van der Waals surface area contributed by atoms with Crippen LogP contribution in [0.3, 0.4) is 0 Å². The van der Waals surface area contributed by atoms with Crippen LogP contribution in [-0.4, -0.2) is 35.1 Å². The van der Waals surface area contributed by atoms with E-state index in [0.29, 0.717) is 0 Å². The lowest BCUT2D eigenvalue weighted by atomic mass is 9.88. The molecule has 0 aromatic rings. The van der Waals surface area contributed by atoms with Crippen LogP contribution in [-0.2, 0) is 9.59 Å². The van der Waals surface area contributed by atoms with E-state index < -0.39 is 11.6 Å². The zero-order chi connectivity index (χ0) is 16.8. The zero-order valence-corrected chi connectivity index (χ0v) is 14.4. The fourth-order valence-electron chi connectivity index (χ4n) is 2.79. The average molecular weight is 312 g/mol. The molecule has 3 N–H and O–H groups in total. The van der Waals surface area contributed by atoms with E-state index in [0.717, 1.165) is 32.1 Å². The molecule has 5 heteroatoms. The Morgan fingerprint density at radius 1 is 1.23 bits per heavy atom. The molecule has 0 saturated heterocycles. The van der Waals surface area contributed by atoms with Crippen molar-refractivity contribution in [1.29, 1.82) is 0 Å². The normalized spacial score (nSPS) is 21.5. The molecule has 1 fully saturated rings. The standard InChI is InChI=1S/C17H32N2O3/c1-5-12(2)17(4,22)11-18-15(20)13(3)19-16(21)14-9-7-6-8-10-14/h12-14,22H,5-11H2,1-4H3,(H,18,20)(H,19,21). The van der Waals surface area contributed by atoms with E-state index in [1.807, 2.05) is 13.8 Å². The van der Waals surface area contributed by atoms with Crippen LogP contribution in [0.25, 0.3) is 0 Å². The van der Waals surface area contributed by atoms with E-state index >= 15 is 0 Å². The number of hydrogen-bond donors (Lipinski definition) is 3. The van der Waals surface area contributed by atoms with Gasteiger partial charge in [-0.25, -0.2) is 0 Å². The molecule has 2 amide bonds. The van der Waals surface area contributed by atoms with Crippen LogP contribution in [0.15, 0.2) is 0 Å². The maximum absolute atomic E-state index is 12.1. The van der Waals surface area contributed by atoms with E-state index in [1.165, 1.54) is 6.42 Å². The van der Waals surface area contributed by atoms with Gasteiger partial charge >= 0.3 is 0 Å².